The van der Waals surface area contributed by atoms with Crippen molar-refractivity contribution in [3.05, 3.63) is 29.3 Å². The second-order valence-corrected chi connectivity index (χ2v) is 5.38. The highest BCUT2D eigenvalue weighted by molar-refractivity contribution is 5.99. The summed E-state index contributed by atoms with van der Waals surface area (Å²) in [6.45, 7) is 3.46. The van der Waals surface area contributed by atoms with Gasteiger partial charge in [-0.05, 0) is 24.8 Å². The van der Waals surface area contributed by atoms with Crippen LogP contribution in [0.5, 0.6) is 0 Å². The van der Waals surface area contributed by atoms with E-state index >= 15 is 0 Å². The topological polar surface area (TPSA) is 46.3 Å². The summed E-state index contributed by atoms with van der Waals surface area (Å²) in [6.07, 6.45) is 4.25. The van der Waals surface area contributed by atoms with Gasteiger partial charge >= 0.3 is 0 Å². The molecule has 5 heteroatoms. The van der Waals surface area contributed by atoms with Gasteiger partial charge in [0.25, 0.3) is 5.91 Å². The summed E-state index contributed by atoms with van der Waals surface area (Å²) in [7, 11) is 0. The number of halogens is 2. The molecule has 0 aromatic heterocycles. The Morgan fingerprint density at radius 2 is 1.90 bits per heavy atom. The summed E-state index contributed by atoms with van der Waals surface area (Å²) in [5.74, 6) is -1.72. The van der Waals surface area contributed by atoms with Crippen LogP contribution in [-0.2, 0) is 0 Å². The molecule has 2 N–H and O–H groups in total. The zero-order chi connectivity index (χ0) is 14.7. The Balaban J connectivity index is 2.07. The van der Waals surface area contributed by atoms with E-state index in [2.05, 4.69) is 6.92 Å². The number of hydrogen-bond acceptors (Lipinski definition) is 2. The lowest BCUT2D eigenvalue weighted by Gasteiger charge is -2.32. The third-order valence-corrected chi connectivity index (χ3v) is 3.92. The number of hydrogen-bond donors (Lipinski definition) is 1. The van der Waals surface area contributed by atoms with Gasteiger partial charge in [-0.25, -0.2) is 8.78 Å². The van der Waals surface area contributed by atoms with E-state index in [4.69, 9.17) is 5.73 Å². The van der Waals surface area contributed by atoms with Crippen molar-refractivity contribution >= 4 is 11.6 Å². The van der Waals surface area contributed by atoms with Crippen LogP contribution in [0.4, 0.5) is 14.5 Å². The van der Waals surface area contributed by atoms with Gasteiger partial charge < -0.3 is 10.6 Å². The highest BCUT2D eigenvalue weighted by atomic mass is 19.2. The second kappa shape index (κ2) is 6.20. The molecule has 0 spiro atoms. The molecular formula is C15H20F2N2O. The molecule has 1 aromatic carbocycles. The quantitative estimate of drug-likeness (QED) is 0.865. The minimum atomic E-state index is -1.04. The van der Waals surface area contributed by atoms with Gasteiger partial charge in [0, 0.05) is 24.8 Å². The molecule has 0 radical (unpaired) electrons. The Morgan fingerprint density at radius 3 is 2.50 bits per heavy atom. The Labute approximate surface area is 117 Å². The van der Waals surface area contributed by atoms with Crippen LogP contribution >= 0.6 is 0 Å². The van der Waals surface area contributed by atoms with Crippen LogP contribution in [-0.4, -0.2) is 23.9 Å². The first-order chi connectivity index (χ1) is 9.52. The summed E-state index contributed by atoms with van der Waals surface area (Å²) in [5, 5.41) is 0. The minimum absolute atomic E-state index is 0.00965. The van der Waals surface area contributed by atoms with Gasteiger partial charge in [0.05, 0.1) is 5.56 Å². The highest BCUT2D eigenvalue weighted by Gasteiger charge is 2.25. The molecule has 0 unspecified atom stereocenters. The maximum absolute atomic E-state index is 13.2. The average Bonchev–Trinajstić information content (AvgIpc) is 2.43. The van der Waals surface area contributed by atoms with Gasteiger partial charge in [-0.1, -0.05) is 19.8 Å². The van der Waals surface area contributed by atoms with E-state index in [1.165, 1.54) is 6.42 Å². The Kier molecular flexibility index (Phi) is 4.57. The van der Waals surface area contributed by atoms with Gasteiger partial charge in [-0.15, -0.1) is 0 Å². The first kappa shape index (κ1) is 14.8. The summed E-state index contributed by atoms with van der Waals surface area (Å²) in [5.41, 5.74) is 5.66. The molecule has 110 valence electrons. The van der Waals surface area contributed by atoms with Crippen molar-refractivity contribution in [2.24, 2.45) is 5.92 Å². The molecule has 1 aliphatic heterocycles. The number of carbonyl (C=O) groups is 1. The lowest BCUT2D eigenvalue weighted by atomic mass is 9.92. The lowest BCUT2D eigenvalue weighted by molar-refractivity contribution is 0.0687. The van der Waals surface area contributed by atoms with Gasteiger partial charge in [-0.3, -0.25) is 4.79 Å². The molecule has 1 aliphatic rings. The Hall–Kier alpha value is -1.65. The summed E-state index contributed by atoms with van der Waals surface area (Å²) >= 11 is 0. The van der Waals surface area contributed by atoms with E-state index in [-0.39, 0.29) is 17.2 Å². The zero-order valence-electron chi connectivity index (χ0n) is 11.7. The molecule has 1 saturated heterocycles. The van der Waals surface area contributed by atoms with Gasteiger partial charge in [0.2, 0.25) is 0 Å². The molecule has 20 heavy (non-hydrogen) atoms. The third kappa shape index (κ3) is 3.08. The van der Waals surface area contributed by atoms with E-state index < -0.39 is 11.6 Å². The molecule has 1 amide bonds. The van der Waals surface area contributed by atoms with Crippen LogP contribution in [0.25, 0.3) is 0 Å². The number of carbonyl (C=O) groups excluding carboxylic acids is 1. The Morgan fingerprint density at radius 1 is 1.30 bits per heavy atom. The van der Waals surface area contributed by atoms with E-state index in [1.807, 2.05) is 0 Å². The second-order valence-electron chi connectivity index (χ2n) is 5.38. The number of nitrogens with two attached hydrogens (primary N) is 1. The van der Waals surface area contributed by atoms with Crippen LogP contribution in [0.15, 0.2) is 12.1 Å². The van der Waals surface area contributed by atoms with Crippen molar-refractivity contribution in [2.45, 2.75) is 32.6 Å². The maximum atomic E-state index is 13.2. The number of likely N-dealkylation sites (tertiary alicyclic amines) is 1. The molecule has 0 atom stereocenters. The fourth-order valence-corrected chi connectivity index (χ4v) is 2.75. The Bertz CT molecular complexity index is 497. The summed E-state index contributed by atoms with van der Waals surface area (Å²) in [6, 6.07) is 1.76. The van der Waals surface area contributed by atoms with Gasteiger partial charge in [0.15, 0.2) is 11.6 Å². The van der Waals surface area contributed by atoms with E-state index in [0.717, 1.165) is 31.4 Å². The molecule has 0 aliphatic carbocycles. The van der Waals surface area contributed by atoms with Crippen LogP contribution < -0.4 is 5.73 Å². The average molecular weight is 282 g/mol. The molecule has 1 aromatic rings. The van der Waals surface area contributed by atoms with E-state index in [9.17, 15) is 13.6 Å². The number of rotatable bonds is 3. The maximum Gasteiger partial charge on any atom is 0.256 e. The molecule has 0 bridgehead atoms. The van der Waals surface area contributed by atoms with Crippen LogP contribution in [0.3, 0.4) is 0 Å². The predicted molar refractivity (Wildman–Crippen MR) is 74.3 cm³/mol. The largest absolute Gasteiger partial charge is 0.398 e. The van der Waals surface area contributed by atoms with Crippen molar-refractivity contribution in [2.75, 3.05) is 18.8 Å². The number of amides is 1. The van der Waals surface area contributed by atoms with E-state index in [1.54, 1.807) is 4.90 Å². The van der Waals surface area contributed by atoms with Crippen LogP contribution in [0.1, 0.15) is 43.0 Å². The summed E-state index contributed by atoms with van der Waals surface area (Å²) < 4.78 is 26.3. The van der Waals surface area contributed by atoms with Crippen molar-refractivity contribution in [3.8, 4) is 0 Å². The van der Waals surface area contributed by atoms with Crippen molar-refractivity contribution < 1.29 is 13.6 Å². The SMILES string of the molecule is CCCC1CCN(C(=O)c2cc(F)c(F)cc2N)CC1. The zero-order valence-corrected chi connectivity index (χ0v) is 11.7. The number of benzene rings is 1. The number of anilines is 1. The number of nitrogens with zero attached hydrogens (tertiary/aromatic N) is 1. The van der Waals surface area contributed by atoms with Crippen molar-refractivity contribution in [1.29, 1.82) is 0 Å². The monoisotopic (exact) mass is 282 g/mol. The highest BCUT2D eigenvalue weighted by Crippen LogP contribution is 2.25. The minimum Gasteiger partial charge on any atom is -0.398 e. The summed E-state index contributed by atoms with van der Waals surface area (Å²) in [4.78, 5) is 14.0. The molecule has 3 nitrogen and oxygen atoms in total. The molecule has 1 heterocycles. The first-order valence-electron chi connectivity index (χ1n) is 7.06. The van der Waals surface area contributed by atoms with Crippen LogP contribution in [0.2, 0.25) is 0 Å². The van der Waals surface area contributed by atoms with Crippen LogP contribution in [0, 0.1) is 17.6 Å². The predicted octanol–water partition coefficient (Wildman–Crippen LogP) is 3.20. The fourth-order valence-electron chi connectivity index (χ4n) is 2.75. The third-order valence-electron chi connectivity index (χ3n) is 3.92. The lowest BCUT2D eigenvalue weighted by Crippen LogP contribution is -2.38. The number of nitrogen functional groups attached to an aromatic ring is 1. The smallest absolute Gasteiger partial charge is 0.256 e. The van der Waals surface area contributed by atoms with Crippen molar-refractivity contribution in [3.63, 3.8) is 0 Å². The van der Waals surface area contributed by atoms with Gasteiger partial charge in [0.1, 0.15) is 0 Å². The molecule has 0 saturated carbocycles. The van der Waals surface area contributed by atoms with E-state index in [0.29, 0.717) is 19.0 Å². The normalized spacial score (nSPS) is 16.4. The van der Waals surface area contributed by atoms with Crippen molar-refractivity contribution in [1.82, 2.24) is 4.90 Å². The molecule has 1 fully saturated rings. The number of piperidine rings is 1. The first-order valence-corrected chi connectivity index (χ1v) is 7.06. The molecular weight excluding hydrogens is 262 g/mol. The standard InChI is InChI=1S/C15H20F2N2O/c1-2-3-10-4-6-19(7-5-10)15(20)11-8-12(16)13(17)9-14(11)18/h8-10H,2-7,18H2,1H3. The van der Waals surface area contributed by atoms with Gasteiger partial charge in [-0.2, -0.15) is 0 Å². The molecule has 2 rings (SSSR count). The fraction of sp³-hybridized carbons (Fsp3) is 0.533.